The molecule has 2 aromatic rings. The standard InChI is InChI=1S/C15H12ClFN2OS/c1-19(13-5-3-2-4-10(13)14(18)21)15(20)9-6-7-12(17)11(16)8-9/h2-8H,1H3,(H2,18,21). The smallest absolute Gasteiger partial charge is 0.258 e. The lowest BCUT2D eigenvalue weighted by Gasteiger charge is -2.20. The molecule has 1 amide bonds. The zero-order valence-corrected chi connectivity index (χ0v) is 12.7. The molecule has 2 N–H and O–H groups in total. The van der Waals surface area contributed by atoms with Crippen molar-refractivity contribution in [1.29, 1.82) is 0 Å². The van der Waals surface area contributed by atoms with Crippen molar-refractivity contribution < 1.29 is 9.18 Å². The zero-order chi connectivity index (χ0) is 15.6. The van der Waals surface area contributed by atoms with Crippen LogP contribution in [0.4, 0.5) is 10.1 Å². The lowest BCUT2D eigenvalue weighted by molar-refractivity contribution is 0.0993. The molecule has 0 saturated heterocycles. The lowest BCUT2D eigenvalue weighted by Crippen LogP contribution is -2.28. The second-order valence-electron chi connectivity index (χ2n) is 4.37. The molecule has 0 aliphatic carbocycles. The fraction of sp³-hybridized carbons (Fsp3) is 0.0667. The molecular weight excluding hydrogens is 311 g/mol. The molecule has 0 aliphatic heterocycles. The monoisotopic (exact) mass is 322 g/mol. The van der Waals surface area contributed by atoms with Crippen LogP contribution < -0.4 is 10.6 Å². The second kappa shape index (κ2) is 6.20. The number of nitrogens with two attached hydrogens (primary N) is 1. The summed E-state index contributed by atoms with van der Waals surface area (Å²) in [6.07, 6.45) is 0. The van der Waals surface area contributed by atoms with Crippen molar-refractivity contribution in [2.75, 3.05) is 11.9 Å². The minimum atomic E-state index is -0.570. The summed E-state index contributed by atoms with van der Waals surface area (Å²) >= 11 is 10.7. The molecule has 0 bridgehead atoms. The van der Waals surface area contributed by atoms with Gasteiger partial charge in [0.2, 0.25) is 0 Å². The van der Waals surface area contributed by atoms with Crippen LogP contribution in [-0.4, -0.2) is 17.9 Å². The largest absolute Gasteiger partial charge is 0.389 e. The SMILES string of the molecule is CN(C(=O)c1ccc(F)c(Cl)c1)c1ccccc1C(N)=S. The number of para-hydroxylation sites is 1. The van der Waals surface area contributed by atoms with Crippen molar-refractivity contribution in [3.05, 3.63) is 64.4 Å². The normalized spacial score (nSPS) is 10.2. The molecule has 2 rings (SSSR count). The van der Waals surface area contributed by atoms with Crippen LogP contribution in [-0.2, 0) is 0 Å². The van der Waals surface area contributed by atoms with E-state index in [1.165, 1.54) is 17.0 Å². The molecule has 108 valence electrons. The van der Waals surface area contributed by atoms with E-state index in [0.29, 0.717) is 11.3 Å². The molecule has 3 nitrogen and oxygen atoms in total. The van der Waals surface area contributed by atoms with Gasteiger partial charge in [-0.15, -0.1) is 0 Å². The summed E-state index contributed by atoms with van der Waals surface area (Å²) in [7, 11) is 1.59. The summed E-state index contributed by atoms with van der Waals surface area (Å²) in [4.78, 5) is 14.0. The van der Waals surface area contributed by atoms with Gasteiger partial charge in [0.25, 0.3) is 5.91 Å². The maximum absolute atomic E-state index is 13.2. The van der Waals surface area contributed by atoms with Crippen LogP contribution in [0.1, 0.15) is 15.9 Å². The number of nitrogens with zero attached hydrogens (tertiary/aromatic N) is 1. The number of halogens is 2. The van der Waals surface area contributed by atoms with Crippen LogP contribution in [0, 0.1) is 5.82 Å². The molecule has 0 spiro atoms. The van der Waals surface area contributed by atoms with Gasteiger partial charge in [-0.25, -0.2) is 4.39 Å². The Kier molecular flexibility index (Phi) is 4.55. The average Bonchev–Trinajstić information content (AvgIpc) is 2.48. The minimum Gasteiger partial charge on any atom is -0.389 e. The first-order valence-electron chi connectivity index (χ1n) is 6.03. The Hall–Kier alpha value is -1.98. The topological polar surface area (TPSA) is 46.3 Å². The molecule has 6 heteroatoms. The van der Waals surface area contributed by atoms with Crippen molar-refractivity contribution in [1.82, 2.24) is 0 Å². The van der Waals surface area contributed by atoms with E-state index in [0.717, 1.165) is 6.07 Å². The van der Waals surface area contributed by atoms with E-state index in [1.807, 2.05) is 0 Å². The molecule has 0 unspecified atom stereocenters. The molecule has 0 radical (unpaired) electrons. The van der Waals surface area contributed by atoms with Crippen molar-refractivity contribution in [3.63, 3.8) is 0 Å². The van der Waals surface area contributed by atoms with Gasteiger partial charge in [-0.05, 0) is 30.3 Å². The molecule has 0 aromatic heterocycles. The van der Waals surface area contributed by atoms with Crippen LogP contribution in [0.2, 0.25) is 5.02 Å². The van der Waals surface area contributed by atoms with E-state index in [4.69, 9.17) is 29.6 Å². The molecule has 0 aliphatic rings. The van der Waals surface area contributed by atoms with Crippen LogP contribution in [0.3, 0.4) is 0 Å². The fourth-order valence-corrected chi connectivity index (χ4v) is 2.26. The van der Waals surface area contributed by atoms with Crippen LogP contribution in [0.25, 0.3) is 0 Å². The van der Waals surface area contributed by atoms with Gasteiger partial charge in [-0.3, -0.25) is 4.79 Å². The first-order chi connectivity index (χ1) is 9.91. The van der Waals surface area contributed by atoms with E-state index in [9.17, 15) is 9.18 Å². The highest BCUT2D eigenvalue weighted by Gasteiger charge is 2.18. The van der Waals surface area contributed by atoms with Crippen molar-refractivity contribution in [3.8, 4) is 0 Å². The molecule has 0 saturated carbocycles. The van der Waals surface area contributed by atoms with Gasteiger partial charge < -0.3 is 10.6 Å². The molecule has 0 atom stereocenters. The summed E-state index contributed by atoms with van der Waals surface area (Å²) < 4.78 is 13.2. The van der Waals surface area contributed by atoms with E-state index in [-0.39, 0.29) is 21.5 Å². The first kappa shape index (κ1) is 15.4. The van der Waals surface area contributed by atoms with Gasteiger partial charge in [0.15, 0.2) is 0 Å². The highest BCUT2D eigenvalue weighted by Crippen LogP contribution is 2.23. The molecular formula is C15H12ClFN2OS. The Morgan fingerprint density at radius 3 is 2.57 bits per heavy atom. The van der Waals surface area contributed by atoms with Crippen molar-refractivity contribution in [2.24, 2.45) is 5.73 Å². The zero-order valence-electron chi connectivity index (χ0n) is 11.1. The Morgan fingerprint density at radius 1 is 1.29 bits per heavy atom. The highest BCUT2D eigenvalue weighted by atomic mass is 35.5. The summed E-state index contributed by atoms with van der Waals surface area (Å²) in [5.41, 5.74) is 7.11. The molecule has 21 heavy (non-hydrogen) atoms. The predicted molar refractivity (Wildman–Crippen MR) is 86.5 cm³/mol. The quantitative estimate of drug-likeness (QED) is 0.881. The van der Waals surface area contributed by atoms with Crippen LogP contribution in [0.5, 0.6) is 0 Å². The van der Waals surface area contributed by atoms with E-state index >= 15 is 0 Å². The summed E-state index contributed by atoms with van der Waals surface area (Å²) in [6, 6.07) is 10.9. The van der Waals surface area contributed by atoms with E-state index in [2.05, 4.69) is 0 Å². The first-order valence-corrected chi connectivity index (χ1v) is 6.82. The van der Waals surface area contributed by atoms with Gasteiger partial charge >= 0.3 is 0 Å². The van der Waals surface area contributed by atoms with Crippen molar-refractivity contribution in [2.45, 2.75) is 0 Å². The Bertz CT molecular complexity index is 721. The predicted octanol–water partition coefficient (Wildman–Crippen LogP) is 3.39. The van der Waals surface area contributed by atoms with Crippen LogP contribution >= 0.6 is 23.8 Å². The number of hydrogen-bond acceptors (Lipinski definition) is 2. The highest BCUT2D eigenvalue weighted by molar-refractivity contribution is 7.80. The number of benzene rings is 2. The maximum atomic E-state index is 13.2. The lowest BCUT2D eigenvalue weighted by atomic mass is 10.1. The minimum absolute atomic E-state index is 0.100. The average molecular weight is 323 g/mol. The molecule has 0 fully saturated rings. The van der Waals surface area contributed by atoms with E-state index in [1.54, 1.807) is 31.3 Å². The summed E-state index contributed by atoms with van der Waals surface area (Å²) in [5, 5.41) is -0.100. The van der Waals surface area contributed by atoms with Gasteiger partial charge in [0.05, 0.1) is 10.7 Å². The third kappa shape index (κ3) is 3.20. The van der Waals surface area contributed by atoms with Gasteiger partial charge in [-0.2, -0.15) is 0 Å². The Labute approximate surface area is 132 Å². The molecule has 0 heterocycles. The molecule has 2 aromatic carbocycles. The number of hydrogen-bond donors (Lipinski definition) is 1. The third-order valence-corrected chi connectivity index (χ3v) is 3.51. The Balaban J connectivity index is 2.40. The van der Waals surface area contributed by atoms with E-state index < -0.39 is 5.82 Å². The number of carbonyl (C=O) groups excluding carboxylic acids is 1. The number of anilines is 1. The number of amides is 1. The summed E-state index contributed by atoms with van der Waals surface area (Å²) in [5.74, 6) is -0.903. The fourth-order valence-electron chi connectivity index (χ4n) is 1.91. The summed E-state index contributed by atoms with van der Waals surface area (Å²) in [6.45, 7) is 0. The number of rotatable bonds is 3. The van der Waals surface area contributed by atoms with Gasteiger partial charge in [-0.1, -0.05) is 36.0 Å². The van der Waals surface area contributed by atoms with Crippen molar-refractivity contribution >= 4 is 40.4 Å². The van der Waals surface area contributed by atoms with Gasteiger partial charge in [0, 0.05) is 18.2 Å². The number of thiocarbonyl (C=S) groups is 1. The number of carbonyl (C=O) groups is 1. The second-order valence-corrected chi connectivity index (χ2v) is 5.22. The third-order valence-electron chi connectivity index (χ3n) is 3.00. The van der Waals surface area contributed by atoms with Gasteiger partial charge in [0.1, 0.15) is 10.8 Å². The maximum Gasteiger partial charge on any atom is 0.258 e. The van der Waals surface area contributed by atoms with Crippen LogP contribution in [0.15, 0.2) is 42.5 Å². The Morgan fingerprint density at radius 2 is 1.95 bits per heavy atom.